The first-order valence-corrected chi connectivity index (χ1v) is 8.52. The first kappa shape index (κ1) is 16.2. The van der Waals surface area contributed by atoms with Crippen LogP contribution in [-0.2, 0) is 10.0 Å². The number of sulfonamides is 1. The maximum absolute atomic E-state index is 12.3. The quantitative estimate of drug-likeness (QED) is 0.753. The van der Waals surface area contributed by atoms with E-state index in [9.17, 15) is 13.5 Å². The van der Waals surface area contributed by atoms with Crippen LogP contribution in [0.1, 0.15) is 20.3 Å². The van der Waals surface area contributed by atoms with Gasteiger partial charge in [0.1, 0.15) is 10.5 Å². The van der Waals surface area contributed by atoms with Gasteiger partial charge in [-0.15, -0.1) is 0 Å². The first-order valence-electron chi connectivity index (χ1n) is 6.66. The smallest absolute Gasteiger partial charge is 0.242 e. The van der Waals surface area contributed by atoms with Crippen molar-refractivity contribution in [1.29, 1.82) is 0 Å². The Labute approximate surface area is 128 Å². The molecule has 0 radical (unpaired) electrons. The average molecular weight is 332 g/mol. The molecule has 0 saturated heterocycles. The summed E-state index contributed by atoms with van der Waals surface area (Å²) in [5.41, 5.74) is 0.408. The van der Waals surface area contributed by atoms with Crippen LogP contribution in [0.3, 0.4) is 0 Å². The number of aromatic nitrogens is 2. The van der Waals surface area contributed by atoms with Gasteiger partial charge in [0.05, 0.1) is 16.5 Å². The standard InChI is InChI=1S/C13H18ClN3O3S/c1-3-8(2)10(18)6-17-21(19,20)11-7-16-13-12(11)9(14)4-5-15-13/h4-5,7-8,10,17-18H,3,6H2,1-2H3,(H,15,16). The molecule has 2 unspecified atom stereocenters. The molecule has 2 aromatic rings. The van der Waals surface area contributed by atoms with Crippen LogP contribution < -0.4 is 4.72 Å². The number of pyridine rings is 1. The van der Waals surface area contributed by atoms with Gasteiger partial charge < -0.3 is 10.1 Å². The molecule has 0 spiro atoms. The van der Waals surface area contributed by atoms with Gasteiger partial charge in [0.2, 0.25) is 10.0 Å². The molecule has 2 rings (SSSR count). The Morgan fingerprint density at radius 1 is 1.52 bits per heavy atom. The molecule has 0 bridgehead atoms. The van der Waals surface area contributed by atoms with Crippen molar-refractivity contribution in [3.05, 3.63) is 23.5 Å². The fourth-order valence-electron chi connectivity index (χ4n) is 1.95. The lowest BCUT2D eigenvalue weighted by atomic mass is 10.0. The predicted molar refractivity (Wildman–Crippen MR) is 81.8 cm³/mol. The van der Waals surface area contributed by atoms with E-state index in [2.05, 4.69) is 14.7 Å². The summed E-state index contributed by atoms with van der Waals surface area (Å²) in [5.74, 6) is 0.0147. The second-order valence-electron chi connectivity index (χ2n) is 4.97. The minimum atomic E-state index is -3.77. The Hall–Kier alpha value is -1.15. The molecule has 0 aromatic carbocycles. The molecule has 2 aromatic heterocycles. The molecule has 3 N–H and O–H groups in total. The number of hydrogen-bond donors (Lipinski definition) is 3. The Morgan fingerprint density at radius 2 is 2.24 bits per heavy atom. The van der Waals surface area contributed by atoms with E-state index in [1.165, 1.54) is 18.5 Å². The van der Waals surface area contributed by atoms with E-state index in [0.29, 0.717) is 16.1 Å². The van der Waals surface area contributed by atoms with Crippen molar-refractivity contribution in [3.63, 3.8) is 0 Å². The number of H-pyrrole nitrogens is 1. The highest BCUT2D eigenvalue weighted by Crippen LogP contribution is 2.28. The van der Waals surface area contributed by atoms with Crippen LogP contribution in [0.2, 0.25) is 5.02 Å². The van der Waals surface area contributed by atoms with E-state index in [1.54, 1.807) is 0 Å². The van der Waals surface area contributed by atoms with Crippen molar-refractivity contribution in [2.75, 3.05) is 6.54 Å². The number of aliphatic hydroxyl groups excluding tert-OH is 1. The van der Waals surface area contributed by atoms with Crippen molar-refractivity contribution in [1.82, 2.24) is 14.7 Å². The number of nitrogens with one attached hydrogen (secondary N) is 2. The highest BCUT2D eigenvalue weighted by atomic mass is 35.5. The van der Waals surface area contributed by atoms with Gasteiger partial charge in [0.15, 0.2) is 0 Å². The molecule has 21 heavy (non-hydrogen) atoms. The van der Waals surface area contributed by atoms with Crippen LogP contribution in [0, 0.1) is 5.92 Å². The van der Waals surface area contributed by atoms with Gasteiger partial charge in [-0.05, 0) is 12.0 Å². The maximum Gasteiger partial charge on any atom is 0.242 e. The largest absolute Gasteiger partial charge is 0.391 e. The molecule has 0 aliphatic heterocycles. The van der Waals surface area contributed by atoms with E-state index >= 15 is 0 Å². The Morgan fingerprint density at radius 3 is 2.90 bits per heavy atom. The average Bonchev–Trinajstić information content (AvgIpc) is 2.90. The molecule has 6 nitrogen and oxygen atoms in total. The highest BCUT2D eigenvalue weighted by molar-refractivity contribution is 7.89. The van der Waals surface area contributed by atoms with Gasteiger partial charge in [0, 0.05) is 18.9 Å². The summed E-state index contributed by atoms with van der Waals surface area (Å²) in [5, 5.41) is 10.5. The number of nitrogens with zero attached hydrogens (tertiary/aromatic N) is 1. The van der Waals surface area contributed by atoms with Crippen LogP contribution in [0.4, 0.5) is 0 Å². The molecule has 0 saturated carbocycles. The summed E-state index contributed by atoms with van der Waals surface area (Å²) >= 11 is 6.04. The van der Waals surface area contributed by atoms with Gasteiger partial charge in [-0.1, -0.05) is 31.9 Å². The van der Waals surface area contributed by atoms with Crippen molar-refractivity contribution in [2.45, 2.75) is 31.3 Å². The van der Waals surface area contributed by atoms with E-state index in [4.69, 9.17) is 11.6 Å². The van der Waals surface area contributed by atoms with Crippen LogP contribution in [0.5, 0.6) is 0 Å². The van der Waals surface area contributed by atoms with Crippen molar-refractivity contribution in [2.24, 2.45) is 5.92 Å². The Balaban J connectivity index is 2.27. The van der Waals surface area contributed by atoms with E-state index < -0.39 is 16.1 Å². The molecule has 2 heterocycles. The van der Waals surface area contributed by atoms with Gasteiger partial charge in [-0.2, -0.15) is 0 Å². The predicted octanol–water partition coefficient (Wildman–Crippen LogP) is 1.90. The summed E-state index contributed by atoms with van der Waals surface area (Å²) < 4.78 is 27.1. The number of fused-ring (bicyclic) bond motifs is 1. The van der Waals surface area contributed by atoms with E-state index in [-0.39, 0.29) is 17.4 Å². The highest BCUT2D eigenvalue weighted by Gasteiger charge is 2.23. The van der Waals surface area contributed by atoms with Crippen LogP contribution in [0.25, 0.3) is 11.0 Å². The topological polar surface area (TPSA) is 95.1 Å². The van der Waals surface area contributed by atoms with E-state index in [0.717, 1.165) is 6.42 Å². The molecule has 0 amide bonds. The third-order valence-corrected chi connectivity index (χ3v) is 5.32. The van der Waals surface area contributed by atoms with Crippen LogP contribution >= 0.6 is 11.6 Å². The molecule has 8 heteroatoms. The lowest BCUT2D eigenvalue weighted by Gasteiger charge is -2.17. The first-order chi connectivity index (χ1) is 9.86. The summed E-state index contributed by atoms with van der Waals surface area (Å²) in [6.07, 6.45) is 2.88. The molecule has 2 atom stereocenters. The zero-order chi connectivity index (χ0) is 15.6. The maximum atomic E-state index is 12.3. The zero-order valence-electron chi connectivity index (χ0n) is 11.8. The van der Waals surface area contributed by atoms with Crippen LogP contribution in [0.15, 0.2) is 23.4 Å². The number of halogens is 1. The molecule has 0 aliphatic carbocycles. The SMILES string of the molecule is CCC(C)C(O)CNS(=O)(=O)c1c[nH]c2nccc(Cl)c12. The Kier molecular flexibility index (Phi) is 4.88. The van der Waals surface area contributed by atoms with Crippen molar-refractivity contribution < 1.29 is 13.5 Å². The monoisotopic (exact) mass is 331 g/mol. The molecular formula is C13H18ClN3O3S. The number of aromatic amines is 1. The third-order valence-electron chi connectivity index (χ3n) is 3.56. The number of hydrogen-bond acceptors (Lipinski definition) is 4. The lowest BCUT2D eigenvalue weighted by Crippen LogP contribution is -2.35. The van der Waals surface area contributed by atoms with Crippen molar-refractivity contribution >= 4 is 32.7 Å². The molecule has 0 fully saturated rings. The minimum Gasteiger partial charge on any atom is -0.391 e. The molecule has 116 valence electrons. The normalized spacial score (nSPS) is 15.2. The van der Waals surface area contributed by atoms with Gasteiger partial charge in [-0.3, -0.25) is 0 Å². The lowest BCUT2D eigenvalue weighted by molar-refractivity contribution is 0.118. The van der Waals surface area contributed by atoms with Crippen LogP contribution in [-0.4, -0.2) is 36.1 Å². The fraction of sp³-hybridized carbons (Fsp3) is 0.462. The fourth-order valence-corrected chi connectivity index (χ4v) is 3.48. The van der Waals surface area contributed by atoms with Gasteiger partial charge >= 0.3 is 0 Å². The molecule has 0 aliphatic rings. The summed E-state index contributed by atoms with van der Waals surface area (Å²) in [6, 6.07) is 1.53. The summed E-state index contributed by atoms with van der Waals surface area (Å²) in [6.45, 7) is 3.76. The summed E-state index contributed by atoms with van der Waals surface area (Å²) in [4.78, 5) is 6.84. The third kappa shape index (κ3) is 3.37. The molecular weight excluding hydrogens is 314 g/mol. The van der Waals surface area contributed by atoms with Gasteiger partial charge in [0.25, 0.3) is 0 Å². The summed E-state index contributed by atoms with van der Waals surface area (Å²) in [7, 11) is -3.77. The van der Waals surface area contributed by atoms with Crippen molar-refractivity contribution in [3.8, 4) is 0 Å². The second-order valence-corrected chi connectivity index (χ2v) is 7.12. The number of rotatable bonds is 6. The van der Waals surface area contributed by atoms with Gasteiger partial charge in [-0.25, -0.2) is 18.1 Å². The minimum absolute atomic E-state index is 0.0147. The Bertz CT molecular complexity index is 729. The van der Waals surface area contributed by atoms with E-state index in [1.807, 2.05) is 13.8 Å². The number of aliphatic hydroxyl groups is 1. The second kappa shape index (κ2) is 6.31. The zero-order valence-corrected chi connectivity index (χ0v) is 13.4.